The van der Waals surface area contributed by atoms with Crippen molar-refractivity contribution in [1.82, 2.24) is 9.97 Å². The average Bonchev–Trinajstić information content (AvgIpc) is 2.90. The molecule has 2 aromatic heterocycles. The van der Waals surface area contributed by atoms with Crippen LogP contribution < -0.4 is 5.32 Å². The zero-order valence-electron chi connectivity index (χ0n) is 11.7. The predicted molar refractivity (Wildman–Crippen MR) is 80.3 cm³/mol. The number of nitrogens with zero attached hydrogens (tertiary/aromatic N) is 2. The highest BCUT2D eigenvalue weighted by Gasteiger charge is 2.05. The maximum Gasteiger partial charge on any atom is 0.227 e. The molecule has 0 amide bonds. The fourth-order valence-electron chi connectivity index (χ4n) is 2.26. The second-order valence-electron chi connectivity index (χ2n) is 4.89. The van der Waals surface area contributed by atoms with Crippen molar-refractivity contribution in [3.8, 4) is 0 Å². The first-order valence-corrected chi connectivity index (χ1v) is 6.83. The first-order chi connectivity index (χ1) is 9.76. The van der Waals surface area contributed by atoms with Crippen molar-refractivity contribution in [2.24, 2.45) is 0 Å². The van der Waals surface area contributed by atoms with Crippen LogP contribution in [0.25, 0.3) is 11.1 Å². The minimum Gasteiger partial charge on any atom is -0.461 e. The Morgan fingerprint density at radius 2 is 2.15 bits per heavy atom. The Labute approximate surface area is 117 Å². The van der Waals surface area contributed by atoms with E-state index in [0.717, 1.165) is 24.0 Å². The molecule has 1 N–H and O–H groups in total. The SMILES string of the molecule is CCCc1ccc(Nc2ncc3occc3n2)c(C)c1. The highest BCUT2D eigenvalue weighted by molar-refractivity contribution is 5.73. The van der Waals surface area contributed by atoms with Gasteiger partial charge < -0.3 is 9.73 Å². The van der Waals surface area contributed by atoms with Gasteiger partial charge in [0.2, 0.25) is 5.95 Å². The molecule has 0 bridgehead atoms. The quantitative estimate of drug-likeness (QED) is 0.768. The predicted octanol–water partition coefficient (Wildman–Crippen LogP) is 4.23. The zero-order valence-corrected chi connectivity index (χ0v) is 11.7. The molecular formula is C16H17N3O. The first kappa shape index (κ1) is 12.7. The van der Waals surface area contributed by atoms with Gasteiger partial charge in [-0.2, -0.15) is 0 Å². The molecule has 0 aliphatic carbocycles. The summed E-state index contributed by atoms with van der Waals surface area (Å²) in [6, 6.07) is 8.28. The van der Waals surface area contributed by atoms with Gasteiger partial charge in [-0.3, -0.25) is 0 Å². The number of hydrogen-bond acceptors (Lipinski definition) is 4. The van der Waals surface area contributed by atoms with Gasteiger partial charge in [0.05, 0.1) is 12.5 Å². The van der Waals surface area contributed by atoms with Crippen LogP contribution in [0.3, 0.4) is 0 Å². The molecule has 0 saturated heterocycles. The summed E-state index contributed by atoms with van der Waals surface area (Å²) in [6.07, 6.45) is 5.57. The van der Waals surface area contributed by atoms with Crippen LogP contribution in [0.1, 0.15) is 24.5 Å². The number of fused-ring (bicyclic) bond motifs is 1. The maximum atomic E-state index is 5.24. The Morgan fingerprint density at radius 3 is 2.95 bits per heavy atom. The molecule has 0 radical (unpaired) electrons. The Hall–Kier alpha value is -2.36. The summed E-state index contributed by atoms with van der Waals surface area (Å²) in [6.45, 7) is 4.29. The average molecular weight is 267 g/mol. The minimum absolute atomic E-state index is 0.588. The number of nitrogens with one attached hydrogen (secondary N) is 1. The van der Waals surface area contributed by atoms with E-state index in [2.05, 4.69) is 47.3 Å². The smallest absolute Gasteiger partial charge is 0.227 e. The molecule has 0 saturated carbocycles. The number of benzene rings is 1. The zero-order chi connectivity index (χ0) is 13.9. The van der Waals surface area contributed by atoms with Crippen LogP contribution in [0, 0.1) is 6.92 Å². The van der Waals surface area contributed by atoms with Crippen molar-refractivity contribution in [1.29, 1.82) is 0 Å². The number of hydrogen-bond donors (Lipinski definition) is 1. The molecular weight excluding hydrogens is 250 g/mol. The van der Waals surface area contributed by atoms with Crippen molar-refractivity contribution in [3.63, 3.8) is 0 Å². The first-order valence-electron chi connectivity index (χ1n) is 6.83. The Kier molecular flexibility index (Phi) is 3.37. The number of aromatic nitrogens is 2. The highest BCUT2D eigenvalue weighted by Crippen LogP contribution is 2.21. The van der Waals surface area contributed by atoms with Crippen LogP contribution in [0.4, 0.5) is 11.6 Å². The van der Waals surface area contributed by atoms with Crippen LogP contribution in [0.15, 0.2) is 41.1 Å². The van der Waals surface area contributed by atoms with E-state index in [4.69, 9.17) is 4.42 Å². The Morgan fingerprint density at radius 1 is 1.25 bits per heavy atom. The van der Waals surface area contributed by atoms with Gasteiger partial charge in [-0.15, -0.1) is 0 Å². The summed E-state index contributed by atoms with van der Waals surface area (Å²) in [5.74, 6) is 0.588. The fourth-order valence-corrected chi connectivity index (χ4v) is 2.26. The topological polar surface area (TPSA) is 51.0 Å². The van der Waals surface area contributed by atoms with E-state index in [9.17, 15) is 0 Å². The van der Waals surface area contributed by atoms with Crippen LogP contribution in [-0.4, -0.2) is 9.97 Å². The van der Waals surface area contributed by atoms with Crippen LogP contribution in [0.2, 0.25) is 0 Å². The molecule has 102 valence electrons. The van der Waals surface area contributed by atoms with E-state index < -0.39 is 0 Å². The standard InChI is InChI=1S/C16H17N3O/c1-3-4-12-5-6-13(11(2)9-12)18-16-17-10-15-14(19-16)7-8-20-15/h5-10H,3-4H2,1-2H3,(H,17,18,19). The lowest BCUT2D eigenvalue weighted by Gasteiger charge is -2.09. The van der Waals surface area contributed by atoms with Crippen LogP contribution in [0.5, 0.6) is 0 Å². The maximum absolute atomic E-state index is 5.24. The van der Waals surface area contributed by atoms with Crippen molar-refractivity contribution >= 4 is 22.7 Å². The molecule has 0 unspecified atom stereocenters. The third-order valence-corrected chi connectivity index (χ3v) is 3.28. The van der Waals surface area contributed by atoms with E-state index in [1.165, 1.54) is 11.1 Å². The number of aryl methyl sites for hydroxylation is 2. The molecule has 0 fully saturated rings. The lowest BCUT2D eigenvalue weighted by atomic mass is 10.1. The van der Waals surface area contributed by atoms with Gasteiger partial charge in [-0.25, -0.2) is 9.97 Å². The summed E-state index contributed by atoms with van der Waals surface area (Å²) in [5.41, 5.74) is 5.11. The van der Waals surface area contributed by atoms with E-state index in [0.29, 0.717) is 11.5 Å². The van der Waals surface area contributed by atoms with Gasteiger partial charge in [0.25, 0.3) is 0 Å². The van der Waals surface area contributed by atoms with E-state index in [1.54, 1.807) is 12.5 Å². The molecule has 3 rings (SSSR count). The monoisotopic (exact) mass is 267 g/mol. The molecule has 0 atom stereocenters. The van der Waals surface area contributed by atoms with Gasteiger partial charge in [-0.1, -0.05) is 25.5 Å². The summed E-state index contributed by atoms with van der Waals surface area (Å²) in [7, 11) is 0. The molecule has 0 spiro atoms. The van der Waals surface area contributed by atoms with Crippen molar-refractivity contribution in [2.45, 2.75) is 26.7 Å². The fraction of sp³-hybridized carbons (Fsp3) is 0.250. The second kappa shape index (κ2) is 5.33. The molecule has 4 heteroatoms. The normalized spacial score (nSPS) is 10.9. The van der Waals surface area contributed by atoms with Gasteiger partial charge in [0, 0.05) is 11.8 Å². The van der Waals surface area contributed by atoms with Crippen molar-refractivity contribution in [3.05, 3.63) is 47.9 Å². The summed E-state index contributed by atoms with van der Waals surface area (Å²) >= 11 is 0. The highest BCUT2D eigenvalue weighted by atomic mass is 16.3. The molecule has 0 aliphatic rings. The summed E-state index contributed by atoms with van der Waals surface area (Å²) in [4.78, 5) is 8.67. The summed E-state index contributed by atoms with van der Waals surface area (Å²) < 4.78 is 5.24. The van der Waals surface area contributed by atoms with Crippen molar-refractivity contribution in [2.75, 3.05) is 5.32 Å². The number of rotatable bonds is 4. The number of anilines is 2. The van der Waals surface area contributed by atoms with Gasteiger partial charge in [0.15, 0.2) is 5.58 Å². The third-order valence-electron chi connectivity index (χ3n) is 3.28. The largest absolute Gasteiger partial charge is 0.461 e. The van der Waals surface area contributed by atoms with Gasteiger partial charge in [0.1, 0.15) is 5.52 Å². The van der Waals surface area contributed by atoms with Crippen molar-refractivity contribution < 1.29 is 4.42 Å². The second-order valence-corrected chi connectivity index (χ2v) is 4.89. The lowest BCUT2D eigenvalue weighted by molar-refractivity contribution is 0.613. The molecule has 4 nitrogen and oxygen atoms in total. The van der Waals surface area contributed by atoms with E-state index in [-0.39, 0.29) is 0 Å². The van der Waals surface area contributed by atoms with Gasteiger partial charge in [-0.05, 0) is 30.5 Å². The Bertz CT molecular complexity index is 733. The number of furan rings is 1. The molecule has 3 aromatic rings. The Balaban J connectivity index is 1.86. The van der Waals surface area contributed by atoms with E-state index >= 15 is 0 Å². The summed E-state index contributed by atoms with van der Waals surface area (Å²) in [5, 5.41) is 3.26. The lowest BCUT2D eigenvalue weighted by Crippen LogP contribution is -1.99. The van der Waals surface area contributed by atoms with E-state index in [1.807, 2.05) is 6.07 Å². The van der Waals surface area contributed by atoms with Gasteiger partial charge >= 0.3 is 0 Å². The van der Waals surface area contributed by atoms with Crippen LogP contribution >= 0.6 is 0 Å². The molecule has 0 aliphatic heterocycles. The third kappa shape index (κ3) is 2.50. The molecule has 20 heavy (non-hydrogen) atoms. The molecule has 2 heterocycles. The molecule has 1 aromatic carbocycles. The van der Waals surface area contributed by atoms with Crippen LogP contribution in [-0.2, 0) is 6.42 Å². The minimum atomic E-state index is 0.588.